The number of amides is 1. The van der Waals surface area contributed by atoms with Crippen LogP contribution in [-0.2, 0) is 4.79 Å². The van der Waals surface area contributed by atoms with Gasteiger partial charge in [0.05, 0.1) is 0 Å². The summed E-state index contributed by atoms with van der Waals surface area (Å²) in [6.45, 7) is 2.26. The second-order valence-electron chi connectivity index (χ2n) is 3.18. The highest BCUT2D eigenvalue weighted by molar-refractivity contribution is 7.10. The van der Waals surface area contributed by atoms with E-state index in [-0.39, 0.29) is 5.91 Å². The van der Waals surface area contributed by atoms with E-state index >= 15 is 0 Å². The molecule has 1 saturated heterocycles. The van der Waals surface area contributed by atoms with Gasteiger partial charge in [0.1, 0.15) is 10.8 Å². The number of hydrogen-bond acceptors (Lipinski definition) is 5. The van der Waals surface area contributed by atoms with E-state index in [1.807, 2.05) is 6.07 Å². The maximum Gasteiger partial charge on any atom is 0.221 e. The lowest BCUT2D eigenvalue weighted by molar-refractivity contribution is -0.120. The Labute approximate surface area is 86.1 Å². The highest BCUT2D eigenvalue weighted by atomic mass is 32.1. The number of nitrogen functional groups attached to an aromatic ring is 1. The summed E-state index contributed by atoms with van der Waals surface area (Å²) in [6.07, 6.45) is 0.539. The van der Waals surface area contributed by atoms with Crippen LogP contribution in [0.1, 0.15) is 6.42 Å². The van der Waals surface area contributed by atoms with E-state index in [0.29, 0.717) is 18.8 Å². The molecule has 0 saturated carbocycles. The van der Waals surface area contributed by atoms with E-state index in [0.717, 1.165) is 18.1 Å². The van der Waals surface area contributed by atoms with E-state index in [4.69, 9.17) is 5.73 Å². The van der Waals surface area contributed by atoms with Crippen molar-refractivity contribution >= 4 is 28.3 Å². The molecule has 14 heavy (non-hydrogen) atoms. The van der Waals surface area contributed by atoms with Gasteiger partial charge < -0.3 is 16.0 Å². The molecule has 6 heteroatoms. The van der Waals surface area contributed by atoms with Crippen LogP contribution in [0.25, 0.3) is 0 Å². The van der Waals surface area contributed by atoms with Crippen LogP contribution < -0.4 is 16.0 Å². The fourth-order valence-corrected chi connectivity index (χ4v) is 2.14. The first-order valence-corrected chi connectivity index (χ1v) is 5.27. The van der Waals surface area contributed by atoms with Gasteiger partial charge in [-0.1, -0.05) is 0 Å². The van der Waals surface area contributed by atoms with Gasteiger partial charge in [-0.2, -0.15) is 4.37 Å². The van der Waals surface area contributed by atoms with Crippen LogP contribution in [-0.4, -0.2) is 29.9 Å². The van der Waals surface area contributed by atoms with Gasteiger partial charge in [-0.3, -0.25) is 4.79 Å². The number of nitrogens with zero attached hydrogens (tertiary/aromatic N) is 2. The van der Waals surface area contributed by atoms with Crippen LogP contribution in [0.5, 0.6) is 0 Å². The van der Waals surface area contributed by atoms with Gasteiger partial charge in [0.2, 0.25) is 5.91 Å². The fourth-order valence-electron chi connectivity index (χ4n) is 1.42. The van der Waals surface area contributed by atoms with Crippen LogP contribution in [0.4, 0.5) is 10.8 Å². The number of carbonyl (C=O) groups is 1. The SMILES string of the molecule is Nc1cc(N2CCNC(=O)CC2)sn1. The van der Waals surface area contributed by atoms with Gasteiger partial charge in [-0.15, -0.1) is 0 Å². The minimum Gasteiger partial charge on any atom is -0.383 e. The molecule has 1 aromatic heterocycles. The molecule has 3 N–H and O–H groups in total. The molecule has 1 aliphatic heterocycles. The molecule has 1 fully saturated rings. The van der Waals surface area contributed by atoms with Crippen molar-refractivity contribution in [1.29, 1.82) is 0 Å². The molecule has 0 aliphatic carbocycles. The van der Waals surface area contributed by atoms with Gasteiger partial charge in [0.15, 0.2) is 0 Å². The molecule has 0 unspecified atom stereocenters. The second-order valence-corrected chi connectivity index (χ2v) is 3.96. The van der Waals surface area contributed by atoms with Gasteiger partial charge in [-0.25, -0.2) is 0 Å². The molecule has 0 aromatic carbocycles. The Balaban J connectivity index is 2.07. The van der Waals surface area contributed by atoms with Gasteiger partial charge in [-0.05, 0) is 11.5 Å². The van der Waals surface area contributed by atoms with Crippen molar-refractivity contribution in [3.63, 3.8) is 0 Å². The van der Waals surface area contributed by atoms with E-state index in [2.05, 4.69) is 14.6 Å². The van der Waals surface area contributed by atoms with Crippen LogP contribution in [0.3, 0.4) is 0 Å². The minimum absolute atomic E-state index is 0.116. The quantitative estimate of drug-likeness (QED) is 0.690. The number of hydrogen-bond donors (Lipinski definition) is 2. The molecule has 1 aromatic rings. The lowest BCUT2D eigenvalue weighted by atomic mass is 10.4. The van der Waals surface area contributed by atoms with Crippen LogP contribution in [0.15, 0.2) is 6.07 Å². The van der Waals surface area contributed by atoms with Gasteiger partial charge in [0.25, 0.3) is 0 Å². The molecule has 2 rings (SSSR count). The Morgan fingerprint density at radius 1 is 1.57 bits per heavy atom. The summed E-state index contributed by atoms with van der Waals surface area (Å²) >= 11 is 1.38. The predicted molar refractivity (Wildman–Crippen MR) is 56.4 cm³/mol. The minimum atomic E-state index is 0.116. The second kappa shape index (κ2) is 3.83. The molecule has 76 valence electrons. The van der Waals surface area contributed by atoms with Crippen molar-refractivity contribution in [2.75, 3.05) is 30.3 Å². The Kier molecular flexibility index (Phi) is 2.53. The zero-order valence-corrected chi connectivity index (χ0v) is 8.51. The smallest absolute Gasteiger partial charge is 0.221 e. The maximum atomic E-state index is 11.1. The Hall–Kier alpha value is -1.30. The molecule has 0 radical (unpaired) electrons. The van der Waals surface area contributed by atoms with Gasteiger partial charge >= 0.3 is 0 Å². The first-order valence-electron chi connectivity index (χ1n) is 4.49. The third kappa shape index (κ3) is 1.95. The van der Waals surface area contributed by atoms with Crippen molar-refractivity contribution < 1.29 is 4.79 Å². The highest BCUT2D eigenvalue weighted by Crippen LogP contribution is 2.23. The third-order valence-electron chi connectivity index (χ3n) is 2.14. The first kappa shape index (κ1) is 9.26. The lowest BCUT2D eigenvalue weighted by Gasteiger charge is -2.18. The summed E-state index contributed by atoms with van der Waals surface area (Å²) in [5.41, 5.74) is 5.54. The maximum absolute atomic E-state index is 11.1. The summed E-state index contributed by atoms with van der Waals surface area (Å²) < 4.78 is 4.01. The third-order valence-corrected chi connectivity index (χ3v) is 3.01. The van der Waals surface area contributed by atoms with Crippen molar-refractivity contribution in [2.24, 2.45) is 0 Å². The Morgan fingerprint density at radius 2 is 2.43 bits per heavy atom. The Morgan fingerprint density at radius 3 is 3.14 bits per heavy atom. The molecule has 0 spiro atoms. The van der Waals surface area contributed by atoms with Gasteiger partial charge in [0, 0.05) is 32.1 Å². The molecular formula is C8H12N4OS. The molecule has 1 aliphatic rings. The Bertz CT molecular complexity index is 338. The van der Waals surface area contributed by atoms with Crippen molar-refractivity contribution in [1.82, 2.24) is 9.69 Å². The van der Waals surface area contributed by atoms with Crippen molar-refractivity contribution in [3.8, 4) is 0 Å². The summed E-state index contributed by atoms with van der Waals surface area (Å²) in [6, 6.07) is 1.85. The highest BCUT2D eigenvalue weighted by Gasteiger charge is 2.15. The largest absolute Gasteiger partial charge is 0.383 e. The summed E-state index contributed by atoms with van der Waals surface area (Å²) in [5.74, 6) is 0.665. The lowest BCUT2D eigenvalue weighted by Crippen LogP contribution is -2.27. The van der Waals surface area contributed by atoms with Crippen LogP contribution in [0.2, 0.25) is 0 Å². The summed E-state index contributed by atoms with van der Waals surface area (Å²) in [4.78, 5) is 13.2. The van der Waals surface area contributed by atoms with E-state index in [1.54, 1.807) is 0 Å². The summed E-state index contributed by atoms with van der Waals surface area (Å²) in [5, 5.41) is 3.86. The van der Waals surface area contributed by atoms with E-state index < -0.39 is 0 Å². The average molecular weight is 212 g/mol. The fraction of sp³-hybridized carbons (Fsp3) is 0.500. The number of aromatic nitrogens is 1. The van der Waals surface area contributed by atoms with E-state index in [1.165, 1.54) is 11.5 Å². The topological polar surface area (TPSA) is 71.2 Å². The zero-order valence-electron chi connectivity index (χ0n) is 7.69. The molecular weight excluding hydrogens is 200 g/mol. The molecule has 1 amide bonds. The normalized spacial score (nSPS) is 17.7. The van der Waals surface area contributed by atoms with Crippen molar-refractivity contribution in [2.45, 2.75) is 6.42 Å². The molecule has 5 nitrogen and oxygen atoms in total. The van der Waals surface area contributed by atoms with Crippen LogP contribution >= 0.6 is 11.5 Å². The molecule has 0 bridgehead atoms. The number of nitrogens with one attached hydrogen (secondary N) is 1. The number of rotatable bonds is 1. The summed E-state index contributed by atoms with van der Waals surface area (Å²) in [7, 11) is 0. The monoisotopic (exact) mass is 212 g/mol. The molecule has 0 atom stereocenters. The average Bonchev–Trinajstić information content (AvgIpc) is 2.46. The van der Waals surface area contributed by atoms with Crippen molar-refractivity contribution in [3.05, 3.63) is 6.07 Å². The number of carbonyl (C=O) groups excluding carboxylic acids is 1. The van der Waals surface area contributed by atoms with E-state index in [9.17, 15) is 4.79 Å². The number of nitrogens with two attached hydrogens (primary N) is 1. The predicted octanol–water partition coefficient (Wildman–Crippen LogP) is 0.0516. The first-order chi connectivity index (χ1) is 6.75. The molecule has 2 heterocycles. The van der Waals surface area contributed by atoms with Crippen LogP contribution in [0, 0.1) is 0 Å². The number of anilines is 2. The standard InChI is InChI=1S/C8H12N4OS/c9-6-5-8(14-11-6)12-3-1-7(13)10-2-4-12/h5H,1-4H2,(H2,9,11)(H,10,13). The zero-order chi connectivity index (χ0) is 9.97.